The largest absolute Gasteiger partial charge is 0.490 e. The van der Waals surface area contributed by atoms with Gasteiger partial charge in [0.05, 0.1) is 12.0 Å². The maximum absolute atomic E-state index is 13.0. The molecule has 0 spiro atoms. The van der Waals surface area contributed by atoms with E-state index in [-0.39, 0.29) is 17.3 Å². The summed E-state index contributed by atoms with van der Waals surface area (Å²) in [7, 11) is 3.53. The maximum atomic E-state index is 13.0. The van der Waals surface area contributed by atoms with E-state index in [0.717, 1.165) is 25.8 Å². The summed E-state index contributed by atoms with van der Waals surface area (Å²) < 4.78 is 5.16. The lowest BCUT2D eigenvalue weighted by atomic mass is 10.0. The number of amides is 1. The number of hydrogen-bond acceptors (Lipinski definition) is 5. The summed E-state index contributed by atoms with van der Waals surface area (Å²) in [5, 5.41) is 11.3. The quantitative estimate of drug-likeness (QED) is 0.513. The molecule has 7 nitrogen and oxygen atoms in total. The Balaban J connectivity index is 1.58. The molecule has 2 aromatic carbocycles. The van der Waals surface area contributed by atoms with Gasteiger partial charge in [-0.05, 0) is 44.9 Å². The number of likely N-dealkylation sites (N-methyl/N-ethyl adjacent to an activating group) is 1. The van der Waals surface area contributed by atoms with E-state index in [1.807, 2.05) is 11.0 Å². The highest BCUT2D eigenvalue weighted by atomic mass is 16.6. The monoisotopic (exact) mass is 411 g/mol. The highest BCUT2D eigenvalue weighted by Crippen LogP contribution is 2.32. The standard InChI is InChI=1S/C23H29N3O4/c1-17-15-19(16-21(30-3)22(17)26(28)29)23(27)25-13-10-20(11-14-25)24(2)12-9-18-7-5-4-6-8-18/h4-8,15-16,20H,9-14H2,1-3H3. The van der Waals surface area contributed by atoms with Crippen LogP contribution in [0.25, 0.3) is 0 Å². The second kappa shape index (κ2) is 9.71. The molecular formula is C23H29N3O4. The minimum absolute atomic E-state index is 0.0900. The van der Waals surface area contributed by atoms with E-state index in [1.165, 1.54) is 18.7 Å². The van der Waals surface area contributed by atoms with Crippen LogP contribution in [0, 0.1) is 17.0 Å². The molecule has 0 bridgehead atoms. The van der Waals surface area contributed by atoms with Crippen LogP contribution in [-0.2, 0) is 6.42 Å². The zero-order valence-corrected chi connectivity index (χ0v) is 17.8. The van der Waals surface area contributed by atoms with Crippen LogP contribution in [0.15, 0.2) is 42.5 Å². The van der Waals surface area contributed by atoms with Crippen molar-refractivity contribution in [1.82, 2.24) is 9.80 Å². The van der Waals surface area contributed by atoms with Crippen molar-refractivity contribution in [2.45, 2.75) is 32.2 Å². The lowest BCUT2D eigenvalue weighted by Crippen LogP contribution is -2.46. The molecule has 0 unspecified atom stereocenters. The van der Waals surface area contributed by atoms with Crippen LogP contribution in [0.1, 0.15) is 34.3 Å². The van der Waals surface area contributed by atoms with E-state index in [2.05, 4.69) is 36.2 Å². The van der Waals surface area contributed by atoms with Crippen molar-refractivity contribution in [2.75, 3.05) is 33.8 Å². The van der Waals surface area contributed by atoms with Crippen LogP contribution in [-0.4, -0.2) is 60.5 Å². The van der Waals surface area contributed by atoms with Crippen molar-refractivity contribution in [3.8, 4) is 5.75 Å². The maximum Gasteiger partial charge on any atom is 0.313 e. The molecule has 0 radical (unpaired) electrons. The van der Waals surface area contributed by atoms with E-state index in [9.17, 15) is 14.9 Å². The molecule has 1 aliphatic heterocycles. The second-order valence-corrected chi connectivity index (χ2v) is 7.84. The molecule has 0 N–H and O–H groups in total. The molecular weight excluding hydrogens is 382 g/mol. The molecule has 2 aromatic rings. The van der Waals surface area contributed by atoms with E-state index < -0.39 is 4.92 Å². The third-order valence-electron chi connectivity index (χ3n) is 5.89. The highest BCUT2D eigenvalue weighted by Gasteiger charge is 2.28. The Morgan fingerprint density at radius 3 is 2.50 bits per heavy atom. The van der Waals surface area contributed by atoms with Gasteiger partial charge in [-0.3, -0.25) is 14.9 Å². The van der Waals surface area contributed by atoms with Gasteiger partial charge in [0.2, 0.25) is 0 Å². The Kier molecular flexibility index (Phi) is 7.05. The SMILES string of the molecule is COc1cc(C(=O)N2CCC(N(C)CCc3ccccc3)CC2)cc(C)c1[N+](=O)[O-]. The topological polar surface area (TPSA) is 75.9 Å². The van der Waals surface area contributed by atoms with Crippen LogP contribution >= 0.6 is 0 Å². The van der Waals surface area contributed by atoms with Crippen LogP contribution in [0.3, 0.4) is 0 Å². The van der Waals surface area contributed by atoms with E-state index in [0.29, 0.717) is 30.3 Å². The molecule has 1 saturated heterocycles. The van der Waals surface area contributed by atoms with Gasteiger partial charge in [0, 0.05) is 42.9 Å². The third-order valence-corrected chi connectivity index (χ3v) is 5.89. The van der Waals surface area contributed by atoms with E-state index in [4.69, 9.17) is 4.74 Å². The van der Waals surface area contributed by atoms with Gasteiger partial charge in [-0.15, -0.1) is 0 Å². The Morgan fingerprint density at radius 1 is 1.23 bits per heavy atom. The molecule has 0 aliphatic carbocycles. The predicted molar refractivity (Wildman–Crippen MR) is 116 cm³/mol. The molecule has 0 atom stereocenters. The van der Waals surface area contributed by atoms with Gasteiger partial charge in [-0.25, -0.2) is 0 Å². The fraction of sp³-hybridized carbons (Fsp3) is 0.435. The number of carbonyl (C=O) groups excluding carboxylic acids is 1. The number of nitro groups is 1. The number of rotatable bonds is 7. The van der Waals surface area contributed by atoms with Gasteiger partial charge in [-0.2, -0.15) is 0 Å². The van der Waals surface area contributed by atoms with Crippen LogP contribution in [0.4, 0.5) is 5.69 Å². The first kappa shape index (κ1) is 21.8. The van der Waals surface area contributed by atoms with Crippen molar-refractivity contribution >= 4 is 11.6 Å². The molecule has 1 fully saturated rings. The predicted octanol–water partition coefficient (Wildman–Crippen LogP) is 3.69. The van der Waals surface area contributed by atoms with Gasteiger partial charge in [0.1, 0.15) is 0 Å². The Hall–Kier alpha value is -2.93. The molecule has 7 heteroatoms. The van der Waals surface area contributed by atoms with Crippen molar-refractivity contribution in [1.29, 1.82) is 0 Å². The summed E-state index contributed by atoms with van der Waals surface area (Å²) in [6.45, 7) is 3.97. The fourth-order valence-corrected chi connectivity index (χ4v) is 4.09. The number of nitrogens with zero attached hydrogens (tertiary/aromatic N) is 3. The zero-order valence-electron chi connectivity index (χ0n) is 17.8. The molecule has 1 heterocycles. The van der Waals surface area contributed by atoms with Gasteiger partial charge in [-0.1, -0.05) is 30.3 Å². The second-order valence-electron chi connectivity index (χ2n) is 7.84. The number of benzene rings is 2. The molecule has 3 rings (SSSR count). The summed E-state index contributed by atoms with van der Waals surface area (Å²) in [6.07, 6.45) is 2.85. The number of hydrogen-bond donors (Lipinski definition) is 0. The Morgan fingerprint density at radius 2 is 1.90 bits per heavy atom. The van der Waals surface area contributed by atoms with Crippen LogP contribution in [0.2, 0.25) is 0 Å². The number of carbonyl (C=O) groups is 1. The summed E-state index contributed by atoms with van der Waals surface area (Å²) in [5.74, 6) is 0.0237. The van der Waals surface area contributed by atoms with Gasteiger partial charge >= 0.3 is 5.69 Å². The normalized spacial score (nSPS) is 14.7. The Labute approximate surface area is 177 Å². The molecule has 30 heavy (non-hydrogen) atoms. The number of aryl methyl sites for hydroxylation is 1. The number of nitro benzene ring substituents is 1. The first-order valence-electron chi connectivity index (χ1n) is 10.3. The smallest absolute Gasteiger partial charge is 0.313 e. The number of likely N-dealkylation sites (tertiary alicyclic amines) is 1. The molecule has 1 aliphatic rings. The number of ether oxygens (including phenoxy) is 1. The van der Waals surface area contributed by atoms with Gasteiger partial charge in [0.15, 0.2) is 5.75 Å². The number of methoxy groups -OCH3 is 1. The summed E-state index contributed by atoms with van der Waals surface area (Å²) in [5.41, 5.74) is 2.11. The van der Waals surface area contributed by atoms with E-state index in [1.54, 1.807) is 13.0 Å². The van der Waals surface area contributed by atoms with Crippen molar-refractivity contribution in [3.05, 3.63) is 69.3 Å². The fourth-order valence-electron chi connectivity index (χ4n) is 4.09. The molecule has 0 aromatic heterocycles. The van der Waals surface area contributed by atoms with Crippen LogP contribution < -0.4 is 4.74 Å². The minimum atomic E-state index is -0.473. The number of piperidine rings is 1. The first-order chi connectivity index (χ1) is 14.4. The Bertz CT molecular complexity index is 893. The average molecular weight is 412 g/mol. The highest BCUT2D eigenvalue weighted by molar-refractivity contribution is 5.95. The lowest BCUT2D eigenvalue weighted by molar-refractivity contribution is -0.386. The summed E-state index contributed by atoms with van der Waals surface area (Å²) >= 11 is 0. The zero-order chi connectivity index (χ0) is 21.7. The minimum Gasteiger partial charge on any atom is -0.490 e. The first-order valence-corrected chi connectivity index (χ1v) is 10.3. The van der Waals surface area contributed by atoms with E-state index >= 15 is 0 Å². The van der Waals surface area contributed by atoms with Crippen molar-refractivity contribution < 1.29 is 14.5 Å². The summed E-state index contributed by atoms with van der Waals surface area (Å²) in [4.78, 5) is 28.0. The molecule has 0 saturated carbocycles. The lowest BCUT2D eigenvalue weighted by Gasteiger charge is -2.37. The van der Waals surface area contributed by atoms with Crippen molar-refractivity contribution in [3.63, 3.8) is 0 Å². The molecule has 1 amide bonds. The van der Waals surface area contributed by atoms with Gasteiger partial charge < -0.3 is 14.5 Å². The summed E-state index contributed by atoms with van der Waals surface area (Å²) in [6, 6.07) is 14.0. The van der Waals surface area contributed by atoms with Crippen molar-refractivity contribution in [2.24, 2.45) is 0 Å². The average Bonchev–Trinajstić information content (AvgIpc) is 2.76. The third kappa shape index (κ3) is 4.97. The van der Waals surface area contributed by atoms with Gasteiger partial charge in [0.25, 0.3) is 5.91 Å². The molecule has 160 valence electrons. The van der Waals surface area contributed by atoms with Crippen LogP contribution in [0.5, 0.6) is 5.75 Å².